The topological polar surface area (TPSA) is 133 Å². The van der Waals surface area contributed by atoms with Crippen LogP contribution in [0.25, 0.3) is 0 Å². The molecule has 0 unspecified atom stereocenters. The Labute approximate surface area is 177 Å². The van der Waals surface area contributed by atoms with E-state index in [2.05, 4.69) is 4.72 Å². The van der Waals surface area contributed by atoms with Gasteiger partial charge in [0.05, 0.1) is 10.5 Å². The number of rotatable bonds is 6. The minimum Gasteiger partial charge on any atom is -0.390 e. The Morgan fingerprint density at radius 3 is 2.53 bits per heavy atom. The van der Waals surface area contributed by atoms with Gasteiger partial charge in [0.2, 0.25) is 21.8 Å². The molecule has 0 radical (unpaired) electrons. The fraction of sp³-hybridized carbons (Fsp3) is 0.600. The lowest BCUT2D eigenvalue weighted by atomic mass is 9.93. The number of benzene rings is 1. The standard InChI is InChI=1S/C20H30N4O5S/c1-14-16(24-10-4-7-18(24)25)5-3-6-17(14)30(28,29)22-15(13-21)19(26)23-11-8-20(2,27)9-12-23/h3,5-6,15,22,27H,4,7-13,21H2,1-2H3/t15-/m0/s1. The second-order valence-electron chi connectivity index (χ2n) is 8.28. The Bertz CT molecular complexity index is 921. The summed E-state index contributed by atoms with van der Waals surface area (Å²) in [7, 11) is -4.04. The van der Waals surface area contributed by atoms with Crippen molar-refractivity contribution in [3.63, 3.8) is 0 Å². The van der Waals surface area contributed by atoms with E-state index in [1.807, 2.05) is 0 Å². The van der Waals surface area contributed by atoms with Crippen molar-refractivity contribution in [2.75, 3.05) is 31.1 Å². The molecular weight excluding hydrogens is 408 g/mol. The molecule has 2 fully saturated rings. The van der Waals surface area contributed by atoms with Gasteiger partial charge in [-0.3, -0.25) is 9.59 Å². The average molecular weight is 439 g/mol. The Kier molecular flexibility index (Phi) is 6.51. The normalized spacial score (nSPS) is 20.5. The number of nitrogens with two attached hydrogens (primary N) is 1. The van der Waals surface area contributed by atoms with E-state index in [-0.39, 0.29) is 17.3 Å². The number of piperidine rings is 1. The van der Waals surface area contributed by atoms with Crippen LogP contribution in [0, 0.1) is 6.92 Å². The maximum Gasteiger partial charge on any atom is 0.242 e. The first-order valence-corrected chi connectivity index (χ1v) is 11.7. The number of hydrogen-bond donors (Lipinski definition) is 3. The van der Waals surface area contributed by atoms with Gasteiger partial charge in [0.1, 0.15) is 6.04 Å². The van der Waals surface area contributed by atoms with Crippen LogP contribution >= 0.6 is 0 Å². The van der Waals surface area contributed by atoms with Gasteiger partial charge >= 0.3 is 0 Å². The van der Waals surface area contributed by atoms with Gasteiger partial charge in [0.15, 0.2) is 0 Å². The summed E-state index contributed by atoms with van der Waals surface area (Å²) in [4.78, 5) is 28.1. The van der Waals surface area contributed by atoms with Gasteiger partial charge in [-0.15, -0.1) is 0 Å². The lowest BCUT2D eigenvalue weighted by molar-refractivity contribution is -0.136. The van der Waals surface area contributed by atoms with Crippen molar-refractivity contribution in [2.45, 2.75) is 56.1 Å². The van der Waals surface area contributed by atoms with Crippen molar-refractivity contribution in [3.05, 3.63) is 23.8 Å². The van der Waals surface area contributed by atoms with E-state index in [1.54, 1.807) is 30.9 Å². The maximum absolute atomic E-state index is 13.1. The third kappa shape index (κ3) is 4.66. The van der Waals surface area contributed by atoms with Crippen LogP contribution in [0.4, 0.5) is 5.69 Å². The van der Waals surface area contributed by atoms with E-state index >= 15 is 0 Å². The van der Waals surface area contributed by atoms with E-state index in [0.29, 0.717) is 50.1 Å². The number of carbonyl (C=O) groups is 2. The highest BCUT2D eigenvalue weighted by atomic mass is 32.2. The van der Waals surface area contributed by atoms with Crippen LogP contribution in [0.15, 0.2) is 23.1 Å². The maximum atomic E-state index is 13.1. The van der Waals surface area contributed by atoms with Gasteiger partial charge in [-0.1, -0.05) is 6.07 Å². The van der Waals surface area contributed by atoms with Crippen molar-refractivity contribution in [2.24, 2.45) is 5.73 Å². The third-order valence-corrected chi connectivity index (χ3v) is 7.51. The average Bonchev–Trinajstić information content (AvgIpc) is 3.11. The summed E-state index contributed by atoms with van der Waals surface area (Å²) < 4.78 is 28.6. The summed E-state index contributed by atoms with van der Waals surface area (Å²) in [5, 5.41) is 10.1. The summed E-state index contributed by atoms with van der Waals surface area (Å²) in [5.74, 6) is -0.434. The predicted molar refractivity (Wildman–Crippen MR) is 112 cm³/mol. The van der Waals surface area contributed by atoms with Gasteiger partial charge in [-0.2, -0.15) is 4.72 Å². The van der Waals surface area contributed by atoms with Gasteiger partial charge in [-0.25, -0.2) is 8.42 Å². The fourth-order valence-electron chi connectivity index (χ4n) is 3.97. The van der Waals surface area contributed by atoms with E-state index in [1.165, 1.54) is 11.0 Å². The van der Waals surface area contributed by atoms with Crippen LogP contribution < -0.4 is 15.4 Å². The fourth-order valence-corrected chi connectivity index (χ4v) is 5.43. The van der Waals surface area contributed by atoms with Crippen molar-refractivity contribution >= 4 is 27.5 Å². The zero-order valence-corrected chi connectivity index (χ0v) is 18.2. The van der Waals surface area contributed by atoms with Gasteiger partial charge in [0, 0.05) is 38.3 Å². The highest BCUT2D eigenvalue weighted by molar-refractivity contribution is 7.89. The monoisotopic (exact) mass is 438 g/mol. The first kappa shape index (κ1) is 22.7. The molecule has 10 heteroatoms. The van der Waals surface area contributed by atoms with Crippen molar-refractivity contribution < 1.29 is 23.1 Å². The molecule has 2 amide bonds. The number of anilines is 1. The quantitative estimate of drug-likeness (QED) is 0.577. The number of likely N-dealkylation sites (tertiary alicyclic amines) is 1. The van der Waals surface area contributed by atoms with E-state index in [0.717, 1.165) is 6.42 Å². The molecule has 0 bridgehead atoms. The summed E-state index contributed by atoms with van der Waals surface area (Å²) in [6.45, 7) is 4.43. The lowest BCUT2D eigenvalue weighted by Crippen LogP contribution is -2.55. The van der Waals surface area contributed by atoms with Gasteiger partial charge in [-0.05, 0) is 50.8 Å². The Balaban J connectivity index is 1.80. The number of carbonyl (C=O) groups excluding carboxylic acids is 2. The third-order valence-electron chi connectivity index (χ3n) is 5.89. The molecule has 1 aromatic rings. The zero-order chi connectivity index (χ0) is 22.1. The number of nitrogens with one attached hydrogen (secondary N) is 1. The molecule has 0 spiro atoms. The number of hydrogen-bond acceptors (Lipinski definition) is 6. The first-order valence-electron chi connectivity index (χ1n) is 10.2. The molecule has 2 heterocycles. The molecule has 1 aromatic carbocycles. The minimum atomic E-state index is -4.04. The predicted octanol–water partition coefficient (Wildman–Crippen LogP) is 0.101. The summed E-state index contributed by atoms with van der Waals surface area (Å²) in [6.07, 6.45) is 2.03. The first-order chi connectivity index (χ1) is 14.1. The molecule has 0 aliphatic carbocycles. The van der Waals surface area contributed by atoms with Crippen molar-refractivity contribution in [1.82, 2.24) is 9.62 Å². The molecule has 30 heavy (non-hydrogen) atoms. The molecule has 4 N–H and O–H groups in total. The molecule has 0 saturated carbocycles. The van der Waals surface area contributed by atoms with E-state index < -0.39 is 27.6 Å². The van der Waals surface area contributed by atoms with Crippen molar-refractivity contribution in [3.8, 4) is 0 Å². The van der Waals surface area contributed by atoms with Crippen molar-refractivity contribution in [1.29, 1.82) is 0 Å². The molecule has 0 aromatic heterocycles. The minimum absolute atomic E-state index is 0.0209. The Morgan fingerprint density at radius 1 is 1.30 bits per heavy atom. The smallest absolute Gasteiger partial charge is 0.242 e. The van der Waals surface area contributed by atoms with Crippen LogP contribution in [-0.2, 0) is 19.6 Å². The molecule has 2 aliphatic heterocycles. The zero-order valence-electron chi connectivity index (χ0n) is 17.4. The van der Waals surface area contributed by atoms with Crippen LogP contribution in [0.2, 0.25) is 0 Å². The molecule has 9 nitrogen and oxygen atoms in total. The summed E-state index contributed by atoms with van der Waals surface area (Å²) in [6, 6.07) is 3.67. The lowest BCUT2D eigenvalue weighted by Gasteiger charge is -2.37. The Morgan fingerprint density at radius 2 is 1.97 bits per heavy atom. The summed E-state index contributed by atoms with van der Waals surface area (Å²) >= 11 is 0. The largest absolute Gasteiger partial charge is 0.390 e. The summed E-state index contributed by atoms with van der Waals surface area (Å²) in [5.41, 5.74) is 5.93. The number of aliphatic hydroxyl groups is 1. The number of sulfonamides is 1. The second-order valence-corrected chi connectivity index (χ2v) is 9.96. The number of amides is 2. The van der Waals surface area contributed by atoms with Crippen LogP contribution in [0.1, 0.15) is 38.2 Å². The number of nitrogens with zero attached hydrogens (tertiary/aromatic N) is 2. The highest BCUT2D eigenvalue weighted by Gasteiger charge is 2.34. The highest BCUT2D eigenvalue weighted by Crippen LogP contribution is 2.29. The van der Waals surface area contributed by atoms with Gasteiger partial charge in [0.25, 0.3) is 0 Å². The van der Waals surface area contributed by atoms with Crippen LogP contribution in [-0.4, -0.2) is 68.1 Å². The molecule has 2 saturated heterocycles. The molecule has 166 valence electrons. The second kappa shape index (κ2) is 8.62. The Hall–Kier alpha value is -2.01. The van der Waals surface area contributed by atoms with Crippen LogP contribution in [0.3, 0.4) is 0 Å². The molecule has 2 aliphatic rings. The molecule has 1 atom stereocenters. The van der Waals surface area contributed by atoms with E-state index in [9.17, 15) is 23.1 Å². The van der Waals surface area contributed by atoms with Crippen LogP contribution in [0.5, 0.6) is 0 Å². The SMILES string of the molecule is Cc1c(N2CCCC2=O)cccc1S(=O)(=O)N[C@@H](CN)C(=O)N1CCC(C)(O)CC1. The van der Waals surface area contributed by atoms with Gasteiger partial charge < -0.3 is 20.6 Å². The molecular formula is C20H30N4O5S. The molecule has 3 rings (SSSR count). The van der Waals surface area contributed by atoms with E-state index in [4.69, 9.17) is 5.73 Å².